The van der Waals surface area contributed by atoms with Gasteiger partial charge in [-0.1, -0.05) is 44.2 Å². The first-order valence-corrected chi connectivity index (χ1v) is 15.8. The van der Waals surface area contributed by atoms with Gasteiger partial charge in [-0.05, 0) is 61.2 Å². The molecule has 0 saturated carbocycles. The normalized spacial score (nSPS) is 11.6. The molecule has 3 aromatic carbocycles. The number of hydrogen-bond acceptors (Lipinski definition) is 8. The van der Waals surface area contributed by atoms with E-state index in [0.29, 0.717) is 30.3 Å². The maximum absolute atomic E-state index is 13.2. The van der Waals surface area contributed by atoms with Crippen molar-refractivity contribution in [1.29, 1.82) is 0 Å². The highest BCUT2D eigenvalue weighted by Crippen LogP contribution is 2.29. The molecule has 1 aromatic heterocycles. The van der Waals surface area contributed by atoms with Gasteiger partial charge in [0.05, 0.1) is 23.8 Å². The number of carbonyl (C=O) groups excluding carboxylic acids is 1. The minimum Gasteiger partial charge on any atom is -0.491 e. The number of aromatic nitrogens is 1. The molecule has 0 aliphatic heterocycles. The van der Waals surface area contributed by atoms with Gasteiger partial charge in [0.15, 0.2) is 27.4 Å². The summed E-state index contributed by atoms with van der Waals surface area (Å²) in [5.41, 5.74) is 6.61. The molecule has 0 bridgehead atoms. The van der Waals surface area contributed by atoms with Crippen molar-refractivity contribution < 1.29 is 32.2 Å². The highest BCUT2D eigenvalue weighted by molar-refractivity contribution is 7.91. The van der Waals surface area contributed by atoms with Crippen molar-refractivity contribution in [2.75, 3.05) is 36.5 Å². The number of nitrogens with two attached hydrogens (primary N) is 1. The lowest BCUT2D eigenvalue weighted by atomic mass is 10.0. The molecular formula is C32H37FN4O6S. The maximum Gasteiger partial charge on any atom is 0.331 e. The second-order valence-electron chi connectivity index (χ2n) is 9.62. The molecule has 0 radical (unpaired) electrons. The average molecular weight is 625 g/mol. The molecule has 0 spiro atoms. The first-order chi connectivity index (χ1) is 21.0. The lowest BCUT2D eigenvalue weighted by Crippen LogP contribution is -2.42. The number of amides is 1. The molecule has 0 saturated heterocycles. The molecule has 4 N–H and O–H groups in total. The van der Waals surface area contributed by atoms with Crippen LogP contribution in [0, 0.1) is 5.82 Å². The van der Waals surface area contributed by atoms with Crippen molar-refractivity contribution in [3.05, 3.63) is 90.4 Å². The van der Waals surface area contributed by atoms with E-state index in [1.54, 1.807) is 54.7 Å². The highest BCUT2D eigenvalue weighted by atomic mass is 32.2. The number of sulfone groups is 1. The Hall–Kier alpha value is -4.71. The Morgan fingerprint density at radius 3 is 2.41 bits per heavy atom. The number of hydrogen-bond donors (Lipinski definition) is 3. The minimum absolute atomic E-state index is 0.0762. The van der Waals surface area contributed by atoms with Gasteiger partial charge in [0.25, 0.3) is 0 Å². The molecule has 12 heteroatoms. The van der Waals surface area contributed by atoms with Gasteiger partial charge in [0, 0.05) is 29.4 Å². The Morgan fingerprint density at radius 2 is 1.75 bits per heavy atom. The topological polar surface area (TPSA) is 152 Å². The van der Waals surface area contributed by atoms with Crippen LogP contribution in [0.25, 0.3) is 10.8 Å². The van der Waals surface area contributed by atoms with E-state index in [2.05, 4.69) is 10.3 Å². The van der Waals surface area contributed by atoms with Gasteiger partial charge in [-0.15, -0.1) is 0 Å². The van der Waals surface area contributed by atoms with E-state index in [0.717, 1.165) is 10.8 Å². The number of carboxylic acids is 1. The molecule has 4 rings (SSSR count). The Labute approximate surface area is 256 Å². The quantitative estimate of drug-likeness (QED) is 0.190. The molecule has 44 heavy (non-hydrogen) atoms. The van der Waals surface area contributed by atoms with Crippen LogP contribution < -0.4 is 15.8 Å². The van der Waals surface area contributed by atoms with Gasteiger partial charge in [0.1, 0.15) is 5.82 Å². The summed E-state index contributed by atoms with van der Waals surface area (Å²) in [5, 5.41) is 14.7. The van der Waals surface area contributed by atoms with Gasteiger partial charge in [-0.3, -0.25) is 4.79 Å². The predicted molar refractivity (Wildman–Crippen MR) is 169 cm³/mol. The number of carbonyl (C=O) groups is 2. The summed E-state index contributed by atoms with van der Waals surface area (Å²) in [5.74, 6) is -1.52. The van der Waals surface area contributed by atoms with Crippen LogP contribution in [0.1, 0.15) is 38.8 Å². The molecule has 1 amide bonds. The van der Waals surface area contributed by atoms with Gasteiger partial charge in [-0.25, -0.2) is 22.6 Å². The number of fused-ring (bicyclic) bond motifs is 1. The van der Waals surface area contributed by atoms with Crippen LogP contribution in [0.4, 0.5) is 15.9 Å². The lowest BCUT2D eigenvalue weighted by Gasteiger charge is -2.30. The number of para-hydroxylation sites is 1. The van der Waals surface area contributed by atoms with Crippen LogP contribution in [-0.2, 0) is 19.4 Å². The van der Waals surface area contributed by atoms with Crippen molar-refractivity contribution in [1.82, 2.24) is 9.88 Å². The van der Waals surface area contributed by atoms with Crippen LogP contribution >= 0.6 is 0 Å². The number of nitrogens with zero attached hydrogens (tertiary/aromatic N) is 2. The Balaban J connectivity index is 0.000000448. The SMILES string of the molecule is CCCN(C(=O)CNc1ccc2c(N)nccc2c1)[C@H](C(=O)O)c1ccccc1S(=O)(=O)CC.CCOc1ccccc1F. The Bertz CT molecular complexity index is 1700. The third-order valence-electron chi connectivity index (χ3n) is 6.63. The predicted octanol–water partition coefficient (Wildman–Crippen LogP) is 5.31. The van der Waals surface area contributed by atoms with Gasteiger partial charge < -0.3 is 25.8 Å². The smallest absolute Gasteiger partial charge is 0.331 e. The third-order valence-corrected chi connectivity index (χ3v) is 8.44. The molecule has 234 valence electrons. The number of anilines is 2. The number of nitrogen functional groups attached to an aromatic ring is 1. The van der Waals surface area contributed by atoms with E-state index in [9.17, 15) is 27.5 Å². The Morgan fingerprint density at radius 1 is 1.05 bits per heavy atom. The lowest BCUT2D eigenvalue weighted by molar-refractivity contribution is -0.150. The molecule has 0 unspecified atom stereocenters. The van der Waals surface area contributed by atoms with Gasteiger partial charge >= 0.3 is 5.97 Å². The summed E-state index contributed by atoms with van der Waals surface area (Å²) in [4.78, 5) is 30.7. The average Bonchev–Trinajstić information content (AvgIpc) is 3.01. The summed E-state index contributed by atoms with van der Waals surface area (Å²) in [6.07, 6.45) is 2.09. The number of pyridine rings is 1. The van der Waals surface area contributed by atoms with Gasteiger partial charge in [-0.2, -0.15) is 0 Å². The van der Waals surface area contributed by atoms with Crippen molar-refractivity contribution >= 4 is 44.0 Å². The molecular weight excluding hydrogens is 587 g/mol. The first-order valence-electron chi connectivity index (χ1n) is 14.1. The fourth-order valence-electron chi connectivity index (χ4n) is 4.53. The van der Waals surface area contributed by atoms with E-state index in [1.807, 2.05) is 19.9 Å². The van der Waals surface area contributed by atoms with E-state index in [1.165, 1.54) is 30.0 Å². The standard InChI is InChI=1S/C24H28N4O5S.C8H9FO/c1-3-13-28(22(24(30)31)19-7-5-6-8-20(19)34(32,33)4-2)21(29)15-27-17-9-10-18-16(14-17)11-12-26-23(18)25;1-2-10-8-6-4-3-5-7(8)9/h5-12,14,22,27H,3-4,13,15H2,1-2H3,(H2,25,26)(H,30,31);3-6H,2H2,1H3/t22-;/m0./s1. The van der Waals surface area contributed by atoms with E-state index in [4.69, 9.17) is 10.5 Å². The van der Waals surface area contributed by atoms with E-state index in [-0.39, 0.29) is 35.1 Å². The molecule has 10 nitrogen and oxygen atoms in total. The second-order valence-corrected chi connectivity index (χ2v) is 11.9. The van der Waals surface area contributed by atoms with E-state index >= 15 is 0 Å². The summed E-state index contributed by atoms with van der Waals surface area (Å²) < 4.78 is 42.9. The minimum atomic E-state index is -3.69. The fraction of sp³-hybridized carbons (Fsp3) is 0.281. The highest BCUT2D eigenvalue weighted by Gasteiger charge is 2.34. The van der Waals surface area contributed by atoms with Crippen LogP contribution in [0.5, 0.6) is 5.75 Å². The summed E-state index contributed by atoms with van der Waals surface area (Å²) in [6.45, 7) is 5.63. The third kappa shape index (κ3) is 8.44. The summed E-state index contributed by atoms with van der Waals surface area (Å²) in [6, 6.07) is 18.1. The van der Waals surface area contributed by atoms with Crippen LogP contribution in [0.2, 0.25) is 0 Å². The number of aliphatic carboxylic acids is 1. The van der Waals surface area contributed by atoms with Crippen molar-refractivity contribution in [2.24, 2.45) is 0 Å². The first kappa shape index (κ1) is 33.8. The summed E-state index contributed by atoms with van der Waals surface area (Å²) >= 11 is 0. The molecule has 0 fully saturated rings. The van der Waals surface area contributed by atoms with Gasteiger partial charge in [0.2, 0.25) is 5.91 Å². The molecule has 1 heterocycles. The zero-order valence-corrected chi connectivity index (χ0v) is 25.7. The number of carboxylic acid groups (broad SMARTS) is 1. The molecule has 4 aromatic rings. The molecule has 0 aliphatic carbocycles. The maximum atomic E-state index is 13.2. The number of benzene rings is 3. The van der Waals surface area contributed by atoms with E-state index < -0.39 is 27.8 Å². The number of nitrogens with one attached hydrogen (secondary N) is 1. The van der Waals surface area contributed by atoms with Crippen LogP contribution in [-0.4, -0.2) is 60.7 Å². The number of halogens is 1. The van der Waals surface area contributed by atoms with Crippen LogP contribution in [0.15, 0.2) is 83.9 Å². The van der Waals surface area contributed by atoms with Crippen molar-refractivity contribution in [3.63, 3.8) is 0 Å². The zero-order chi connectivity index (χ0) is 32.3. The molecule has 1 atom stereocenters. The zero-order valence-electron chi connectivity index (χ0n) is 24.9. The number of ether oxygens (including phenoxy) is 1. The second kappa shape index (κ2) is 15.7. The fourth-order valence-corrected chi connectivity index (χ4v) is 5.66. The summed E-state index contributed by atoms with van der Waals surface area (Å²) in [7, 11) is -3.69. The van der Waals surface area contributed by atoms with Crippen molar-refractivity contribution in [3.8, 4) is 5.75 Å². The largest absolute Gasteiger partial charge is 0.491 e. The van der Waals surface area contributed by atoms with Crippen molar-refractivity contribution in [2.45, 2.75) is 38.1 Å². The van der Waals surface area contributed by atoms with Crippen LogP contribution in [0.3, 0.4) is 0 Å². The monoisotopic (exact) mass is 624 g/mol. The number of rotatable bonds is 12. The molecule has 0 aliphatic rings. The Kier molecular flexibility index (Phi) is 12.0.